The number of halogens is 2. The molecule has 2 amide bonds. The molecule has 0 aliphatic carbocycles. The molecule has 0 bridgehead atoms. The molecule has 1 heterocycles. The van der Waals surface area contributed by atoms with E-state index in [1.165, 1.54) is 29.8 Å². The molecule has 6 heteroatoms. The third-order valence-electron chi connectivity index (χ3n) is 5.75. The van der Waals surface area contributed by atoms with Gasteiger partial charge in [0.2, 0.25) is 5.91 Å². The summed E-state index contributed by atoms with van der Waals surface area (Å²) < 4.78 is 27.6. The molecule has 3 aromatic rings. The molecule has 1 atom stereocenters. The van der Waals surface area contributed by atoms with E-state index in [2.05, 4.69) is 5.32 Å². The number of amides is 2. The Morgan fingerprint density at radius 1 is 0.969 bits per heavy atom. The number of nitrogens with zero attached hydrogens (tertiary/aromatic N) is 1. The zero-order valence-corrected chi connectivity index (χ0v) is 17.6. The second kappa shape index (κ2) is 9.73. The molecule has 1 saturated heterocycles. The molecule has 0 aromatic heterocycles. The van der Waals surface area contributed by atoms with Gasteiger partial charge in [0.05, 0.1) is 5.56 Å². The highest BCUT2D eigenvalue weighted by atomic mass is 19.1. The topological polar surface area (TPSA) is 49.4 Å². The van der Waals surface area contributed by atoms with E-state index in [-0.39, 0.29) is 23.2 Å². The Morgan fingerprint density at radius 3 is 2.41 bits per heavy atom. The van der Waals surface area contributed by atoms with E-state index in [4.69, 9.17) is 0 Å². The van der Waals surface area contributed by atoms with Gasteiger partial charge in [-0.1, -0.05) is 48.5 Å². The number of likely N-dealkylation sites (tertiary alicyclic amines) is 1. The number of nitrogens with one attached hydrogen (secondary N) is 1. The zero-order valence-electron chi connectivity index (χ0n) is 17.6. The van der Waals surface area contributed by atoms with Gasteiger partial charge in [0.15, 0.2) is 0 Å². The summed E-state index contributed by atoms with van der Waals surface area (Å²) in [4.78, 5) is 26.6. The number of benzene rings is 3. The lowest BCUT2D eigenvalue weighted by Gasteiger charge is -2.17. The number of hydrogen-bond donors (Lipinski definition) is 1. The van der Waals surface area contributed by atoms with Crippen molar-refractivity contribution in [3.8, 4) is 11.1 Å². The lowest BCUT2D eigenvalue weighted by molar-refractivity contribution is -0.127. The minimum atomic E-state index is -0.642. The van der Waals surface area contributed by atoms with Gasteiger partial charge < -0.3 is 10.2 Å². The molecule has 3 aromatic carbocycles. The van der Waals surface area contributed by atoms with Crippen molar-refractivity contribution in [3.63, 3.8) is 0 Å². The van der Waals surface area contributed by atoms with Gasteiger partial charge in [-0.15, -0.1) is 0 Å². The van der Waals surface area contributed by atoms with Crippen LogP contribution in [0.2, 0.25) is 0 Å². The number of carbonyl (C=O) groups excluding carboxylic acids is 2. The van der Waals surface area contributed by atoms with Crippen LogP contribution in [0, 0.1) is 17.6 Å². The van der Waals surface area contributed by atoms with Crippen LogP contribution in [0.1, 0.15) is 22.3 Å². The summed E-state index contributed by atoms with van der Waals surface area (Å²) in [5.41, 5.74) is 2.35. The van der Waals surface area contributed by atoms with Gasteiger partial charge in [0, 0.05) is 32.0 Å². The minimum absolute atomic E-state index is 0.00349. The molecule has 1 aliphatic heterocycles. The maximum absolute atomic E-state index is 14.6. The monoisotopic (exact) mass is 434 g/mol. The predicted octanol–water partition coefficient (Wildman–Crippen LogP) is 4.45. The maximum atomic E-state index is 14.6. The highest BCUT2D eigenvalue weighted by molar-refractivity contribution is 5.95. The first-order valence-electron chi connectivity index (χ1n) is 10.6. The molecule has 32 heavy (non-hydrogen) atoms. The Balaban J connectivity index is 1.30. The van der Waals surface area contributed by atoms with Gasteiger partial charge in [0.1, 0.15) is 11.6 Å². The van der Waals surface area contributed by atoms with Crippen molar-refractivity contribution < 1.29 is 18.4 Å². The standard InChI is InChI=1S/C26H24F2N2O2/c27-22-9-6-20(7-10-22)21-8-11-23(24(28)15-21)26(32)29-16-19-14-25(31)30(17-19)13-12-18-4-2-1-3-5-18/h1-11,15,19H,12-14,16-17H2,(H,29,32)/t19-/m0/s1. The quantitative estimate of drug-likeness (QED) is 0.597. The average Bonchev–Trinajstić information content (AvgIpc) is 3.16. The molecule has 1 fully saturated rings. The first-order valence-corrected chi connectivity index (χ1v) is 10.6. The first kappa shape index (κ1) is 21.7. The Labute approximate surface area is 185 Å². The van der Waals surface area contributed by atoms with Crippen LogP contribution in [0.15, 0.2) is 72.8 Å². The zero-order chi connectivity index (χ0) is 22.5. The smallest absolute Gasteiger partial charge is 0.254 e. The van der Waals surface area contributed by atoms with Crippen LogP contribution in [-0.2, 0) is 11.2 Å². The van der Waals surface area contributed by atoms with Crippen molar-refractivity contribution in [1.82, 2.24) is 10.2 Å². The summed E-state index contributed by atoms with van der Waals surface area (Å²) in [6.45, 7) is 1.54. The number of carbonyl (C=O) groups is 2. The van der Waals surface area contributed by atoms with Crippen LogP contribution in [0.5, 0.6) is 0 Å². The minimum Gasteiger partial charge on any atom is -0.352 e. The third-order valence-corrected chi connectivity index (χ3v) is 5.75. The molecule has 1 N–H and O–H groups in total. The van der Waals surface area contributed by atoms with Crippen molar-refractivity contribution in [2.75, 3.05) is 19.6 Å². The van der Waals surface area contributed by atoms with Crippen LogP contribution in [0.3, 0.4) is 0 Å². The lowest BCUT2D eigenvalue weighted by atomic mass is 10.0. The lowest BCUT2D eigenvalue weighted by Crippen LogP contribution is -2.32. The van der Waals surface area contributed by atoms with Crippen LogP contribution < -0.4 is 5.32 Å². The molecule has 0 saturated carbocycles. The molecule has 0 spiro atoms. The molecule has 1 aliphatic rings. The Hall–Kier alpha value is -3.54. The third kappa shape index (κ3) is 5.19. The SMILES string of the molecule is O=C(NC[C@@H]1CC(=O)N(CCc2ccccc2)C1)c1ccc(-c2ccc(F)cc2)cc1F. The predicted molar refractivity (Wildman–Crippen MR) is 119 cm³/mol. The average molecular weight is 434 g/mol. The summed E-state index contributed by atoms with van der Waals surface area (Å²) in [7, 11) is 0. The van der Waals surface area contributed by atoms with Crippen LogP contribution >= 0.6 is 0 Å². The van der Waals surface area contributed by atoms with Crippen LogP contribution in [0.4, 0.5) is 8.78 Å². The molecule has 4 nitrogen and oxygen atoms in total. The van der Waals surface area contributed by atoms with Gasteiger partial charge in [-0.05, 0) is 47.4 Å². The molecule has 0 unspecified atom stereocenters. The second-order valence-electron chi connectivity index (χ2n) is 8.06. The molecule has 4 rings (SSSR count). The fourth-order valence-corrected chi connectivity index (χ4v) is 3.97. The van der Waals surface area contributed by atoms with E-state index < -0.39 is 11.7 Å². The summed E-state index contributed by atoms with van der Waals surface area (Å²) in [5.74, 6) is -1.44. The van der Waals surface area contributed by atoms with Crippen molar-refractivity contribution in [1.29, 1.82) is 0 Å². The van der Waals surface area contributed by atoms with Crippen molar-refractivity contribution in [2.24, 2.45) is 5.92 Å². The first-order chi connectivity index (χ1) is 15.5. The number of hydrogen-bond acceptors (Lipinski definition) is 2. The molecular weight excluding hydrogens is 410 g/mol. The van der Waals surface area contributed by atoms with Gasteiger partial charge in [-0.25, -0.2) is 8.78 Å². The van der Waals surface area contributed by atoms with E-state index in [1.54, 1.807) is 18.2 Å². The number of rotatable bonds is 7. The molecule has 0 radical (unpaired) electrons. The fourth-order valence-electron chi connectivity index (χ4n) is 3.97. The highest BCUT2D eigenvalue weighted by Gasteiger charge is 2.29. The normalized spacial score (nSPS) is 15.8. The largest absolute Gasteiger partial charge is 0.352 e. The Kier molecular flexibility index (Phi) is 6.59. The van der Waals surface area contributed by atoms with Crippen molar-refractivity contribution in [3.05, 3.63) is 95.6 Å². The Morgan fingerprint density at radius 2 is 1.69 bits per heavy atom. The molecular formula is C26H24F2N2O2. The van der Waals surface area contributed by atoms with E-state index in [9.17, 15) is 18.4 Å². The second-order valence-corrected chi connectivity index (χ2v) is 8.06. The summed E-state index contributed by atoms with van der Waals surface area (Å²) in [6, 6.07) is 20.0. The van der Waals surface area contributed by atoms with Gasteiger partial charge >= 0.3 is 0 Å². The van der Waals surface area contributed by atoms with E-state index >= 15 is 0 Å². The van der Waals surface area contributed by atoms with Gasteiger partial charge in [-0.2, -0.15) is 0 Å². The van der Waals surface area contributed by atoms with Crippen molar-refractivity contribution >= 4 is 11.8 Å². The molecule has 164 valence electrons. The summed E-state index contributed by atoms with van der Waals surface area (Å²) in [6.07, 6.45) is 1.17. The van der Waals surface area contributed by atoms with Crippen LogP contribution in [-0.4, -0.2) is 36.3 Å². The fraction of sp³-hybridized carbons (Fsp3) is 0.231. The highest BCUT2D eigenvalue weighted by Crippen LogP contribution is 2.23. The maximum Gasteiger partial charge on any atom is 0.254 e. The summed E-state index contributed by atoms with van der Waals surface area (Å²) in [5, 5.41) is 2.76. The van der Waals surface area contributed by atoms with Gasteiger partial charge in [-0.3, -0.25) is 9.59 Å². The van der Waals surface area contributed by atoms with E-state index in [0.717, 1.165) is 6.42 Å². The van der Waals surface area contributed by atoms with Gasteiger partial charge in [0.25, 0.3) is 5.91 Å². The van der Waals surface area contributed by atoms with Crippen LogP contribution in [0.25, 0.3) is 11.1 Å². The summed E-state index contributed by atoms with van der Waals surface area (Å²) >= 11 is 0. The van der Waals surface area contributed by atoms with E-state index in [0.29, 0.717) is 37.2 Å². The van der Waals surface area contributed by atoms with E-state index in [1.807, 2.05) is 35.2 Å². The van der Waals surface area contributed by atoms with Crippen molar-refractivity contribution in [2.45, 2.75) is 12.8 Å². The Bertz CT molecular complexity index is 1100.